The maximum Gasteiger partial charge on any atom is 0.0700 e. The zero-order chi connectivity index (χ0) is 12.5. The summed E-state index contributed by atoms with van der Waals surface area (Å²) in [6.45, 7) is 1.65. The second-order valence-electron chi connectivity index (χ2n) is 2.49. The molecule has 2 N–H and O–H groups in total. The molecule has 0 aromatic rings. The molecular weight excluding hydrogens is 212 g/mol. The molecule has 92 valence electrons. The van der Waals surface area contributed by atoms with Crippen molar-refractivity contribution in [2.45, 2.75) is 12.8 Å². The second-order valence-corrected chi connectivity index (χ2v) is 2.49. The van der Waals surface area contributed by atoms with Crippen molar-refractivity contribution >= 4 is 0 Å². The number of nitriles is 2. The minimum Gasteiger partial charge on any atom is -0.394 e. The number of ether oxygens (including phenoxy) is 2. The number of aliphatic hydroxyl groups is 2. The van der Waals surface area contributed by atoms with E-state index in [-0.39, 0.29) is 13.2 Å². The maximum atomic E-state index is 8.14. The van der Waals surface area contributed by atoms with Gasteiger partial charge in [-0.1, -0.05) is 0 Å². The lowest BCUT2D eigenvalue weighted by atomic mass is 10.5. The standard InChI is InChI=1S/C8H12N2O2.C2H6O2/c9-3-1-5-11-7-8-12-6-2-4-10;3-1-2-4/h1-2,5-8H2;3-4H,1-2H2. The summed E-state index contributed by atoms with van der Waals surface area (Å²) in [5.41, 5.74) is 0. The summed E-state index contributed by atoms with van der Waals surface area (Å²) >= 11 is 0. The summed E-state index contributed by atoms with van der Waals surface area (Å²) in [4.78, 5) is 0. The van der Waals surface area contributed by atoms with E-state index in [1.54, 1.807) is 0 Å². The van der Waals surface area contributed by atoms with Crippen LogP contribution in [0.5, 0.6) is 0 Å². The molecule has 6 nitrogen and oxygen atoms in total. The molecule has 16 heavy (non-hydrogen) atoms. The highest BCUT2D eigenvalue weighted by molar-refractivity contribution is 4.67. The summed E-state index contributed by atoms with van der Waals surface area (Å²) < 4.78 is 10.0. The average molecular weight is 230 g/mol. The molecule has 0 bridgehead atoms. The second kappa shape index (κ2) is 19.4. The van der Waals surface area contributed by atoms with Gasteiger partial charge >= 0.3 is 0 Å². The molecule has 0 saturated heterocycles. The van der Waals surface area contributed by atoms with Crippen molar-refractivity contribution in [1.29, 1.82) is 10.5 Å². The fourth-order valence-corrected chi connectivity index (χ4v) is 0.558. The Morgan fingerprint density at radius 2 is 1.12 bits per heavy atom. The fourth-order valence-electron chi connectivity index (χ4n) is 0.558. The molecule has 0 saturated carbocycles. The molecular formula is C10H18N2O4. The zero-order valence-corrected chi connectivity index (χ0v) is 9.26. The highest BCUT2D eigenvalue weighted by atomic mass is 16.5. The van der Waals surface area contributed by atoms with Gasteiger partial charge in [-0.25, -0.2) is 0 Å². The van der Waals surface area contributed by atoms with E-state index < -0.39 is 0 Å². The Hall–Kier alpha value is -1.18. The van der Waals surface area contributed by atoms with Crippen molar-refractivity contribution in [3.63, 3.8) is 0 Å². The van der Waals surface area contributed by atoms with Gasteiger partial charge in [-0.15, -0.1) is 0 Å². The monoisotopic (exact) mass is 230 g/mol. The Morgan fingerprint density at radius 3 is 1.38 bits per heavy atom. The van der Waals surface area contributed by atoms with Crippen LogP contribution in [-0.2, 0) is 9.47 Å². The van der Waals surface area contributed by atoms with Crippen LogP contribution in [-0.4, -0.2) is 49.9 Å². The molecule has 0 amide bonds. The molecule has 0 fully saturated rings. The average Bonchev–Trinajstić information content (AvgIpc) is 2.33. The van der Waals surface area contributed by atoms with Gasteiger partial charge in [0.25, 0.3) is 0 Å². The number of hydrogen-bond donors (Lipinski definition) is 2. The van der Waals surface area contributed by atoms with Crippen LogP contribution in [0.3, 0.4) is 0 Å². The van der Waals surface area contributed by atoms with Crippen molar-refractivity contribution in [2.75, 3.05) is 39.6 Å². The Kier molecular flexibility index (Phi) is 20.9. The minimum absolute atomic E-state index is 0.125. The summed E-state index contributed by atoms with van der Waals surface area (Å²) in [7, 11) is 0. The third kappa shape index (κ3) is 23.0. The highest BCUT2D eigenvalue weighted by Gasteiger charge is 1.88. The van der Waals surface area contributed by atoms with Crippen LogP contribution < -0.4 is 0 Å². The number of hydrogen-bond acceptors (Lipinski definition) is 6. The lowest BCUT2D eigenvalue weighted by Crippen LogP contribution is -2.05. The molecule has 0 aliphatic rings. The van der Waals surface area contributed by atoms with E-state index in [2.05, 4.69) is 0 Å². The largest absolute Gasteiger partial charge is 0.394 e. The minimum atomic E-state index is -0.125. The van der Waals surface area contributed by atoms with Crippen LogP contribution in [0, 0.1) is 22.7 Å². The van der Waals surface area contributed by atoms with Gasteiger partial charge in [0.2, 0.25) is 0 Å². The molecule has 0 aromatic carbocycles. The van der Waals surface area contributed by atoms with Gasteiger partial charge in [0.05, 0.1) is 64.6 Å². The molecule has 0 aliphatic heterocycles. The van der Waals surface area contributed by atoms with Gasteiger partial charge in [0, 0.05) is 0 Å². The zero-order valence-electron chi connectivity index (χ0n) is 9.26. The van der Waals surface area contributed by atoms with Crippen LogP contribution in [0.1, 0.15) is 12.8 Å². The van der Waals surface area contributed by atoms with Crippen molar-refractivity contribution in [3.05, 3.63) is 0 Å². The predicted octanol–water partition coefficient (Wildman–Crippen LogP) is -0.182. The Balaban J connectivity index is 0. The van der Waals surface area contributed by atoms with E-state index in [0.29, 0.717) is 39.3 Å². The summed E-state index contributed by atoms with van der Waals surface area (Å²) in [6.07, 6.45) is 0.830. The molecule has 0 unspecified atom stereocenters. The normalized spacial score (nSPS) is 8.50. The molecule has 6 heteroatoms. The topological polar surface area (TPSA) is 106 Å². The van der Waals surface area contributed by atoms with Gasteiger partial charge in [0.1, 0.15) is 0 Å². The van der Waals surface area contributed by atoms with Gasteiger partial charge in [-0.3, -0.25) is 0 Å². The van der Waals surface area contributed by atoms with Gasteiger partial charge in [-0.05, 0) is 0 Å². The van der Waals surface area contributed by atoms with Crippen LogP contribution in [0.25, 0.3) is 0 Å². The highest BCUT2D eigenvalue weighted by Crippen LogP contribution is 1.83. The molecule has 0 radical (unpaired) electrons. The van der Waals surface area contributed by atoms with Gasteiger partial charge in [0.15, 0.2) is 0 Å². The van der Waals surface area contributed by atoms with Gasteiger partial charge in [-0.2, -0.15) is 10.5 Å². The van der Waals surface area contributed by atoms with E-state index in [0.717, 1.165) is 0 Å². The van der Waals surface area contributed by atoms with Crippen LogP contribution in [0.2, 0.25) is 0 Å². The van der Waals surface area contributed by atoms with Crippen LogP contribution in [0.15, 0.2) is 0 Å². The molecule has 0 spiro atoms. The predicted molar refractivity (Wildman–Crippen MR) is 56.3 cm³/mol. The maximum absolute atomic E-state index is 8.14. The van der Waals surface area contributed by atoms with Gasteiger partial charge < -0.3 is 19.7 Å². The van der Waals surface area contributed by atoms with Crippen molar-refractivity contribution in [1.82, 2.24) is 0 Å². The Labute approximate surface area is 95.6 Å². The van der Waals surface area contributed by atoms with E-state index in [9.17, 15) is 0 Å². The van der Waals surface area contributed by atoms with E-state index in [1.807, 2.05) is 12.1 Å². The molecule has 0 atom stereocenters. The summed E-state index contributed by atoms with van der Waals surface area (Å²) in [5.74, 6) is 0. The summed E-state index contributed by atoms with van der Waals surface area (Å²) in [6, 6.07) is 3.94. The third-order valence-corrected chi connectivity index (χ3v) is 1.19. The first kappa shape index (κ1) is 17.2. The van der Waals surface area contributed by atoms with Crippen molar-refractivity contribution < 1.29 is 19.7 Å². The fraction of sp³-hybridized carbons (Fsp3) is 0.800. The van der Waals surface area contributed by atoms with Crippen LogP contribution in [0.4, 0.5) is 0 Å². The lowest BCUT2D eigenvalue weighted by Gasteiger charge is -2.01. The quantitative estimate of drug-likeness (QED) is 0.560. The first-order chi connectivity index (χ1) is 7.83. The molecule has 0 heterocycles. The number of rotatable bonds is 8. The lowest BCUT2D eigenvalue weighted by molar-refractivity contribution is 0.0520. The van der Waals surface area contributed by atoms with E-state index in [1.165, 1.54) is 0 Å². The number of aliphatic hydroxyl groups excluding tert-OH is 2. The summed E-state index contributed by atoms with van der Waals surface area (Å²) in [5, 5.41) is 31.5. The van der Waals surface area contributed by atoms with Crippen molar-refractivity contribution in [2.24, 2.45) is 0 Å². The number of nitrogens with zero attached hydrogens (tertiary/aromatic N) is 2. The molecule has 0 aliphatic carbocycles. The van der Waals surface area contributed by atoms with Crippen LogP contribution >= 0.6 is 0 Å². The Morgan fingerprint density at radius 1 is 0.750 bits per heavy atom. The first-order valence-corrected chi connectivity index (χ1v) is 4.94. The third-order valence-electron chi connectivity index (χ3n) is 1.19. The van der Waals surface area contributed by atoms with Crippen molar-refractivity contribution in [3.8, 4) is 12.1 Å². The van der Waals surface area contributed by atoms with E-state index >= 15 is 0 Å². The smallest absolute Gasteiger partial charge is 0.0700 e. The first-order valence-electron chi connectivity index (χ1n) is 4.94. The molecule has 0 rings (SSSR count). The molecule has 0 aromatic heterocycles. The van der Waals surface area contributed by atoms with E-state index in [4.69, 9.17) is 30.2 Å². The Bertz CT molecular complexity index is 176. The SMILES string of the molecule is N#CCCOCCOCCC#N.OCCO.